The van der Waals surface area contributed by atoms with Gasteiger partial charge in [-0.2, -0.15) is 4.31 Å². The molecule has 0 aliphatic rings. The normalized spacial score (nSPS) is 11.3. The third-order valence-electron chi connectivity index (χ3n) is 4.73. The second-order valence-corrected chi connectivity index (χ2v) is 8.50. The lowest BCUT2D eigenvalue weighted by Gasteiger charge is -2.19. The van der Waals surface area contributed by atoms with Crippen molar-refractivity contribution in [2.75, 3.05) is 37.4 Å². The fraction of sp³-hybridized carbons (Fsp3) is 0.350. The van der Waals surface area contributed by atoms with Gasteiger partial charge in [0.15, 0.2) is 0 Å². The molecule has 31 heavy (non-hydrogen) atoms. The maximum atomic E-state index is 12.8. The molecule has 0 aliphatic heterocycles. The Morgan fingerprint density at radius 2 is 1.84 bits per heavy atom. The summed E-state index contributed by atoms with van der Waals surface area (Å²) in [5.41, 5.74) is 1.01. The molecule has 0 radical (unpaired) electrons. The molecule has 0 unspecified atom stereocenters. The van der Waals surface area contributed by atoms with Crippen LogP contribution in [0.1, 0.15) is 19.4 Å². The average Bonchev–Trinajstić information content (AvgIpc) is 2.73. The number of nitrogens with zero attached hydrogens (tertiary/aromatic N) is 2. The fourth-order valence-electron chi connectivity index (χ4n) is 3.04. The molecular weight excluding hydrogens is 424 g/mol. The van der Waals surface area contributed by atoms with Gasteiger partial charge in [-0.1, -0.05) is 19.9 Å². The molecule has 0 heterocycles. The summed E-state index contributed by atoms with van der Waals surface area (Å²) in [5, 5.41) is 16.6. The van der Waals surface area contributed by atoms with E-state index in [1.54, 1.807) is 26.8 Å². The second kappa shape index (κ2) is 10.2. The van der Waals surface area contributed by atoms with Crippen molar-refractivity contribution in [3.63, 3.8) is 0 Å². The van der Waals surface area contributed by atoms with E-state index in [1.165, 1.54) is 41.7 Å². The Bertz CT molecular complexity index is 1070. The van der Waals surface area contributed by atoms with E-state index in [9.17, 15) is 23.3 Å². The van der Waals surface area contributed by atoms with Gasteiger partial charge in [-0.25, -0.2) is 8.42 Å². The highest BCUT2D eigenvalue weighted by atomic mass is 32.2. The monoisotopic (exact) mass is 450 g/mol. The van der Waals surface area contributed by atoms with Crippen LogP contribution in [-0.4, -0.2) is 50.3 Å². The summed E-state index contributed by atoms with van der Waals surface area (Å²) >= 11 is 0. The van der Waals surface area contributed by atoms with Crippen molar-refractivity contribution < 1.29 is 22.9 Å². The highest BCUT2D eigenvalue weighted by Gasteiger charge is 2.23. The third-order valence-corrected chi connectivity index (χ3v) is 6.78. The maximum absolute atomic E-state index is 12.8. The SMILES string of the molecule is CCN(CC)S(=O)(=O)c1ccc(OC)c(NC(=O)CNc2cccc([N+](=O)[O-])c2C)c1. The van der Waals surface area contributed by atoms with Crippen molar-refractivity contribution in [1.29, 1.82) is 0 Å². The zero-order valence-corrected chi connectivity index (χ0v) is 18.7. The first-order valence-corrected chi connectivity index (χ1v) is 11.1. The zero-order chi connectivity index (χ0) is 23.2. The summed E-state index contributed by atoms with van der Waals surface area (Å²) in [6.45, 7) is 5.53. The molecule has 0 aliphatic carbocycles. The molecule has 0 fully saturated rings. The van der Waals surface area contributed by atoms with Gasteiger partial charge >= 0.3 is 0 Å². The van der Waals surface area contributed by atoms with Gasteiger partial charge in [0, 0.05) is 30.4 Å². The van der Waals surface area contributed by atoms with Crippen molar-refractivity contribution in [1.82, 2.24) is 4.31 Å². The lowest BCUT2D eigenvalue weighted by molar-refractivity contribution is -0.385. The van der Waals surface area contributed by atoms with Crippen LogP contribution in [0.3, 0.4) is 0 Å². The van der Waals surface area contributed by atoms with E-state index in [-0.39, 0.29) is 22.8 Å². The number of sulfonamides is 1. The number of rotatable bonds is 10. The number of benzene rings is 2. The van der Waals surface area contributed by atoms with E-state index < -0.39 is 20.9 Å². The van der Waals surface area contributed by atoms with Crippen LogP contribution in [0.2, 0.25) is 0 Å². The Labute approximate surface area is 181 Å². The molecule has 11 heteroatoms. The van der Waals surface area contributed by atoms with Crippen LogP contribution >= 0.6 is 0 Å². The van der Waals surface area contributed by atoms with Crippen molar-refractivity contribution in [3.05, 3.63) is 52.1 Å². The minimum absolute atomic E-state index is 0.0368. The molecule has 0 spiro atoms. The third kappa shape index (κ3) is 5.50. The number of carbonyl (C=O) groups excluding carboxylic acids is 1. The van der Waals surface area contributed by atoms with Gasteiger partial charge in [0.2, 0.25) is 15.9 Å². The predicted molar refractivity (Wildman–Crippen MR) is 118 cm³/mol. The highest BCUT2D eigenvalue weighted by Crippen LogP contribution is 2.29. The van der Waals surface area contributed by atoms with Gasteiger partial charge in [-0.05, 0) is 31.2 Å². The van der Waals surface area contributed by atoms with E-state index in [0.29, 0.717) is 30.1 Å². The molecule has 10 nitrogen and oxygen atoms in total. The minimum atomic E-state index is -3.71. The first-order valence-electron chi connectivity index (χ1n) is 9.61. The van der Waals surface area contributed by atoms with Crippen LogP contribution in [0.15, 0.2) is 41.3 Å². The average molecular weight is 451 g/mol. The van der Waals surface area contributed by atoms with Crippen molar-refractivity contribution in [3.8, 4) is 5.75 Å². The molecular formula is C20H26N4O6S. The number of methoxy groups -OCH3 is 1. The summed E-state index contributed by atoms with van der Waals surface area (Å²) in [4.78, 5) is 23.1. The number of nitrogens with one attached hydrogen (secondary N) is 2. The Kier molecular flexibility index (Phi) is 7.95. The number of carbonyl (C=O) groups is 1. The molecule has 0 aromatic heterocycles. The summed E-state index contributed by atoms with van der Waals surface area (Å²) in [6, 6.07) is 8.79. The number of hydrogen-bond donors (Lipinski definition) is 2. The smallest absolute Gasteiger partial charge is 0.274 e. The fourth-order valence-corrected chi connectivity index (χ4v) is 4.53. The first-order chi connectivity index (χ1) is 14.6. The second-order valence-electron chi connectivity index (χ2n) is 6.56. The molecule has 1 amide bonds. The van der Waals surface area contributed by atoms with Crippen LogP contribution in [0.4, 0.5) is 17.1 Å². The van der Waals surface area contributed by atoms with Gasteiger partial charge in [-0.15, -0.1) is 0 Å². The van der Waals surface area contributed by atoms with E-state index in [2.05, 4.69) is 10.6 Å². The summed E-state index contributed by atoms with van der Waals surface area (Å²) in [6.07, 6.45) is 0. The van der Waals surface area contributed by atoms with E-state index >= 15 is 0 Å². The van der Waals surface area contributed by atoms with Crippen LogP contribution in [0, 0.1) is 17.0 Å². The molecule has 2 N–H and O–H groups in total. The molecule has 2 aromatic carbocycles. The maximum Gasteiger partial charge on any atom is 0.274 e. The topological polar surface area (TPSA) is 131 Å². The number of anilines is 2. The van der Waals surface area contributed by atoms with E-state index in [4.69, 9.17) is 4.74 Å². The molecule has 0 saturated carbocycles. The van der Waals surface area contributed by atoms with Crippen LogP contribution < -0.4 is 15.4 Å². The van der Waals surface area contributed by atoms with Gasteiger partial charge in [0.05, 0.1) is 29.2 Å². The van der Waals surface area contributed by atoms with Gasteiger partial charge < -0.3 is 15.4 Å². The Morgan fingerprint density at radius 1 is 1.16 bits per heavy atom. The van der Waals surface area contributed by atoms with Gasteiger partial charge in [-0.3, -0.25) is 14.9 Å². The summed E-state index contributed by atoms with van der Waals surface area (Å²) in [5.74, 6) is -0.167. The van der Waals surface area contributed by atoms with Crippen molar-refractivity contribution >= 4 is 33.0 Å². The van der Waals surface area contributed by atoms with E-state index in [1.807, 2.05) is 0 Å². The number of hydrogen-bond acceptors (Lipinski definition) is 7. The standard InChI is InChI=1S/C20H26N4O6S/c1-5-23(6-2)31(28,29)15-10-11-19(30-4)17(12-15)22-20(25)13-21-16-8-7-9-18(14(16)3)24(26)27/h7-12,21H,5-6,13H2,1-4H3,(H,22,25). The minimum Gasteiger partial charge on any atom is -0.495 e. The molecule has 168 valence electrons. The summed E-state index contributed by atoms with van der Waals surface area (Å²) < 4.78 is 32.1. The van der Waals surface area contributed by atoms with Crippen molar-refractivity contribution in [2.45, 2.75) is 25.7 Å². The quantitative estimate of drug-likeness (QED) is 0.420. The molecule has 0 saturated heterocycles. The largest absolute Gasteiger partial charge is 0.495 e. The summed E-state index contributed by atoms with van der Waals surface area (Å²) in [7, 11) is -2.30. The number of amides is 1. The number of ether oxygens (including phenoxy) is 1. The van der Waals surface area contributed by atoms with Crippen LogP contribution in [-0.2, 0) is 14.8 Å². The lowest BCUT2D eigenvalue weighted by Crippen LogP contribution is -2.30. The van der Waals surface area contributed by atoms with Gasteiger partial charge in [0.1, 0.15) is 5.75 Å². The number of nitro groups is 1. The zero-order valence-electron chi connectivity index (χ0n) is 17.8. The highest BCUT2D eigenvalue weighted by molar-refractivity contribution is 7.89. The molecule has 0 atom stereocenters. The first kappa shape index (κ1) is 24.1. The van der Waals surface area contributed by atoms with Crippen LogP contribution in [0.25, 0.3) is 0 Å². The van der Waals surface area contributed by atoms with Crippen molar-refractivity contribution in [2.24, 2.45) is 0 Å². The van der Waals surface area contributed by atoms with Crippen LogP contribution in [0.5, 0.6) is 5.75 Å². The number of nitro benzene ring substituents is 1. The predicted octanol–water partition coefficient (Wildman–Crippen LogP) is 2.99. The Hall–Kier alpha value is -3.18. The molecule has 2 rings (SSSR count). The molecule has 0 bridgehead atoms. The Morgan fingerprint density at radius 3 is 2.42 bits per heavy atom. The Balaban J connectivity index is 2.21. The van der Waals surface area contributed by atoms with Gasteiger partial charge in [0.25, 0.3) is 5.69 Å². The molecule has 2 aromatic rings. The van der Waals surface area contributed by atoms with E-state index in [0.717, 1.165) is 0 Å². The lowest BCUT2D eigenvalue weighted by atomic mass is 10.1.